The third kappa shape index (κ3) is 3.52. The van der Waals surface area contributed by atoms with Crippen molar-refractivity contribution in [2.24, 2.45) is 0 Å². The summed E-state index contributed by atoms with van der Waals surface area (Å²) < 4.78 is 21.6. The summed E-state index contributed by atoms with van der Waals surface area (Å²) in [5.41, 5.74) is 0.875. The van der Waals surface area contributed by atoms with Crippen LogP contribution in [0.3, 0.4) is 0 Å². The Morgan fingerprint density at radius 3 is 2.62 bits per heavy atom. The molecule has 2 aliphatic rings. The molecule has 0 aliphatic carbocycles. The summed E-state index contributed by atoms with van der Waals surface area (Å²) in [7, 11) is 1.30. The minimum absolute atomic E-state index is 0.138. The number of amides is 1. The third-order valence-electron chi connectivity index (χ3n) is 4.22. The Bertz CT molecular complexity index is 584. The molecule has 0 N–H and O–H groups in total. The summed E-state index contributed by atoms with van der Waals surface area (Å²) in [6, 6.07) is 8.59. The molecule has 24 heavy (non-hydrogen) atoms. The Kier molecular flexibility index (Phi) is 5.01. The van der Waals surface area contributed by atoms with Crippen molar-refractivity contribution >= 4 is 12.1 Å². The van der Waals surface area contributed by atoms with Gasteiger partial charge >= 0.3 is 12.1 Å². The summed E-state index contributed by atoms with van der Waals surface area (Å²) in [5.74, 6) is -1.44. The molecule has 1 aromatic rings. The molecule has 0 aromatic heterocycles. The van der Waals surface area contributed by atoms with Gasteiger partial charge in [0.25, 0.3) is 0 Å². The number of methoxy groups -OCH3 is 1. The van der Waals surface area contributed by atoms with Gasteiger partial charge in [0.2, 0.25) is 0 Å². The molecule has 2 heterocycles. The molecular weight excluding hydrogens is 314 g/mol. The number of carbonyl (C=O) groups excluding carboxylic acids is 2. The van der Waals surface area contributed by atoms with Crippen LogP contribution in [0.1, 0.15) is 18.4 Å². The normalized spacial score (nSPS) is 22.4. The minimum atomic E-state index is -0.942. The molecule has 130 valence electrons. The highest BCUT2D eigenvalue weighted by Crippen LogP contribution is 2.35. The third-order valence-corrected chi connectivity index (χ3v) is 4.22. The fourth-order valence-corrected chi connectivity index (χ4v) is 3.01. The molecule has 1 amide bonds. The quantitative estimate of drug-likeness (QED) is 0.783. The van der Waals surface area contributed by atoms with Gasteiger partial charge in [-0.3, -0.25) is 4.90 Å². The Hall–Kier alpha value is -2.12. The summed E-state index contributed by atoms with van der Waals surface area (Å²) >= 11 is 0. The number of rotatable bonds is 3. The summed E-state index contributed by atoms with van der Waals surface area (Å²) in [5, 5.41) is 0. The second kappa shape index (κ2) is 7.19. The Balaban J connectivity index is 1.68. The van der Waals surface area contributed by atoms with Crippen molar-refractivity contribution in [2.45, 2.75) is 31.3 Å². The molecule has 2 aliphatic heterocycles. The van der Waals surface area contributed by atoms with Gasteiger partial charge in [-0.25, -0.2) is 9.59 Å². The van der Waals surface area contributed by atoms with Crippen molar-refractivity contribution in [3.05, 3.63) is 35.9 Å². The lowest BCUT2D eigenvalue weighted by molar-refractivity contribution is -0.257. The van der Waals surface area contributed by atoms with Gasteiger partial charge < -0.3 is 18.9 Å². The van der Waals surface area contributed by atoms with Gasteiger partial charge in [-0.2, -0.15) is 0 Å². The van der Waals surface area contributed by atoms with Crippen molar-refractivity contribution < 1.29 is 28.5 Å². The van der Waals surface area contributed by atoms with Gasteiger partial charge in [0.05, 0.1) is 26.9 Å². The number of hydrogen-bond donors (Lipinski definition) is 0. The van der Waals surface area contributed by atoms with E-state index in [9.17, 15) is 9.59 Å². The van der Waals surface area contributed by atoms with Crippen molar-refractivity contribution in [2.75, 3.05) is 26.9 Å². The van der Waals surface area contributed by atoms with E-state index >= 15 is 0 Å². The van der Waals surface area contributed by atoms with Crippen molar-refractivity contribution in [3.63, 3.8) is 0 Å². The molecule has 2 fully saturated rings. The average molecular weight is 335 g/mol. The SMILES string of the molecule is COC(=O)[C@@H]1CC2(CN1C(=O)OCc1ccccc1)OCCCO2. The topological polar surface area (TPSA) is 74.3 Å². The first-order valence-corrected chi connectivity index (χ1v) is 7.97. The number of esters is 1. The monoisotopic (exact) mass is 335 g/mol. The molecule has 3 rings (SSSR count). The highest BCUT2D eigenvalue weighted by Gasteiger charge is 2.52. The predicted octanol–water partition coefficient (Wildman–Crippen LogP) is 1.70. The van der Waals surface area contributed by atoms with Crippen molar-refractivity contribution in [3.8, 4) is 0 Å². The maximum absolute atomic E-state index is 12.5. The number of likely N-dealkylation sites (tertiary alicyclic amines) is 1. The molecule has 2 saturated heterocycles. The Labute approximate surface area is 140 Å². The van der Waals surface area contributed by atoms with Crippen molar-refractivity contribution in [1.29, 1.82) is 0 Å². The molecule has 0 bridgehead atoms. The highest BCUT2D eigenvalue weighted by atomic mass is 16.7. The zero-order chi connectivity index (χ0) is 17.0. The van der Waals surface area contributed by atoms with E-state index in [0.717, 1.165) is 12.0 Å². The van der Waals surface area contributed by atoms with Crippen LogP contribution in [0.15, 0.2) is 30.3 Å². The van der Waals surface area contributed by atoms with E-state index < -0.39 is 23.9 Å². The zero-order valence-corrected chi connectivity index (χ0v) is 13.6. The van der Waals surface area contributed by atoms with Gasteiger partial charge in [0, 0.05) is 6.42 Å². The number of hydrogen-bond acceptors (Lipinski definition) is 6. The fourth-order valence-electron chi connectivity index (χ4n) is 3.01. The van der Waals surface area contributed by atoms with Crippen molar-refractivity contribution in [1.82, 2.24) is 4.90 Å². The van der Waals surface area contributed by atoms with Crippen LogP contribution in [0.4, 0.5) is 4.79 Å². The van der Waals surface area contributed by atoms with E-state index in [1.807, 2.05) is 30.3 Å². The molecule has 0 saturated carbocycles. The van der Waals surface area contributed by atoms with Gasteiger partial charge in [-0.05, 0) is 12.0 Å². The van der Waals surface area contributed by atoms with E-state index in [1.54, 1.807) is 0 Å². The molecule has 7 nitrogen and oxygen atoms in total. The van der Waals surface area contributed by atoms with Gasteiger partial charge in [-0.1, -0.05) is 30.3 Å². The van der Waals surface area contributed by atoms with E-state index in [1.165, 1.54) is 12.0 Å². The minimum Gasteiger partial charge on any atom is -0.467 e. The first-order valence-electron chi connectivity index (χ1n) is 7.97. The molecule has 1 aromatic carbocycles. The molecule has 1 spiro atoms. The van der Waals surface area contributed by atoms with Crippen LogP contribution >= 0.6 is 0 Å². The second-order valence-electron chi connectivity index (χ2n) is 5.87. The van der Waals surface area contributed by atoms with E-state index in [2.05, 4.69) is 0 Å². The van der Waals surface area contributed by atoms with Gasteiger partial charge in [0.15, 0.2) is 5.79 Å². The number of benzene rings is 1. The van der Waals surface area contributed by atoms with E-state index in [4.69, 9.17) is 18.9 Å². The van der Waals surface area contributed by atoms with Gasteiger partial charge in [0.1, 0.15) is 12.6 Å². The van der Waals surface area contributed by atoms with E-state index in [-0.39, 0.29) is 19.6 Å². The maximum Gasteiger partial charge on any atom is 0.411 e. The molecular formula is C17H21NO6. The summed E-state index contributed by atoms with van der Waals surface area (Å²) in [4.78, 5) is 25.8. The number of nitrogens with zero attached hydrogens (tertiary/aromatic N) is 1. The van der Waals surface area contributed by atoms with Crippen LogP contribution in [-0.4, -0.2) is 55.7 Å². The Morgan fingerprint density at radius 2 is 1.96 bits per heavy atom. The Morgan fingerprint density at radius 1 is 1.25 bits per heavy atom. The lowest BCUT2D eigenvalue weighted by atomic mass is 10.1. The number of carbonyl (C=O) groups is 2. The van der Waals surface area contributed by atoms with Crippen LogP contribution in [-0.2, 0) is 30.3 Å². The molecule has 0 unspecified atom stereocenters. The van der Waals surface area contributed by atoms with Gasteiger partial charge in [-0.15, -0.1) is 0 Å². The average Bonchev–Trinajstić information content (AvgIpc) is 2.99. The lowest BCUT2D eigenvalue weighted by Crippen LogP contribution is -2.44. The first-order chi connectivity index (χ1) is 11.6. The standard InChI is InChI=1S/C17H21NO6/c1-21-15(19)14-10-17(23-8-5-9-24-17)12-18(14)16(20)22-11-13-6-3-2-4-7-13/h2-4,6-7,14H,5,8-12H2,1H3/t14-/m0/s1. The maximum atomic E-state index is 12.5. The molecule has 0 radical (unpaired) electrons. The van der Waals surface area contributed by atoms with Crippen LogP contribution in [0.25, 0.3) is 0 Å². The smallest absolute Gasteiger partial charge is 0.411 e. The van der Waals surface area contributed by atoms with Crippen LogP contribution in [0, 0.1) is 0 Å². The fraction of sp³-hybridized carbons (Fsp3) is 0.529. The van der Waals surface area contributed by atoms with Crippen LogP contribution in [0.5, 0.6) is 0 Å². The predicted molar refractivity (Wildman–Crippen MR) is 83.0 cm³/mol. The van der Waals surface area contributed by atoms with Crippen LogP contribution < -0.4 is 0 Å². The van der Waals surface area contributed by atoms with Crippen LogP contribution in [0.2, 0.25) is 0 Å². The first kappa shape index (κ1) is 16.7. The molecule has 1 atom stereocenters. The largest absolute Gasteiger partial charge is 0.467 e. The summed E-state index contributed by atoms with van der Waals surface area (Å²) in [6.07, 6.45) is 0.465. The second-order valence-corrected chi connectivity index (χ2v) is 5.87. The highest BCUT2D eigenvalue weighted by molar-refractivity contribution is 5.82. The lowest BCUT2D eigenvalue weighted by Gasteiger charge is -2.33. The number of ether oxygens (including phenoxy) is 4. The zero-order valence-electron chi connectivity index (χ0n) is 13.6. The summed E-state index contributed by atoms with van der Waals surface area (Å²) in [6.45, 7) is 1.38. The van der Waals surface area contributed by atoms with E-state index in [0.29, 0.717) is 13.2 Å². The molecule has 7 heteroatoms.